The number of rotatable bonds is 9. The quantitative estimate of drug-likeness (QED) is 0.367. The van der Waals surface area contributed by atoms with E-state index in [0.29, 0.717) is 30.6 Å². The monoisotopic (exact) mass is 574 g/mol. The number of nitrogens with zero attached hydrogens (tertiary/aromatic N) is 1. The van der Waals surface area contributed by atoms with E-state index >= 15 is 0 Å². The number of benzene rings is 1. The average molecular weight is 575 g/mol. The molecule has 3 aliphatic rings. The van der Waals surface area contributed by atoms with Crippen molar-refractivity contribution in [3.8, 4) is 0 Å². The average Bonchev–Trinajstić information content (AvgIpc) is 2.90. The molecule has 2 aliphatic heterocycles. The minimum atomic E-state index is -0.595. The molecule has 0 bridgehead atoms. The van der Waals surface area contributed by atoms with Crippen LogP contribution in [0.4, 0.5) is 14.9 Å². The molecule has 0 aromatic heterocycles. The fourth-order valence-electron chi connectivity index (χ4n) is 6.05. The van der Waals surface area contributed by atoms with Crippen LogP contribution < -0.4 is 16.0 Å². The van der Waals surface area contributed by atoms with Crippen molar-refractivity contribution in [2.45, 2.75) is 109 Å². The summed E-state index contributed by atoms with van der Waals surface area (Å²) < 4.78 is 26.3. The maximum Gasteiger partial charge on any atom is 0.407 e. The first-order valence-electron chi connectivity index (χ1n) is 15.2. The Morgan fingerprint density at radius 2 is 1.80 bits per heavy atom. The Labute approximate surface area is 243 Å². The van der Waals surface area contributed by atoms with Crippen LogP contribution in [-0.2, 0) is 19.1 Å². The molecular weight excluding hydrogens is 527 g/mol. The lowest BCUT2D eigenvalue weighted by atomic mass is 9.85. The molecule has 4 rings (SSSR count). The minimum absolute atomic E-state index is 0.102. The third kappa shape index (κ3) is 9.67. The minimum Gasteiger partial charge on any atom is -0.444 e. The predicted octanol–water partition coefficient (Wildman–Crippen LogP) is 4.71. The SMILES string of the molecule is CC(COC1CCC(CN2CCC(c3ccc(NC4CCC(=O)NC4=O)c(F)c3)CC2)CC1)NC(=O)OC(C)(C)C. The number of imide groups is 1. The summed E-state index contributed by atoms with van der Waals surface area (Å²) in [6.45, 7) is 11.1. The largest absolute Gasteiger partial charge is 0.444 e. The second-order valence-electron chi connectivity index (χ2n) is 13.0. The van der Waals surface area contributed by atoms with Crippen molar-refractivity contribution in [3.63, 3.8) is 0 Å². The second kappa shape index (κ2) is 14.0. The maximum atomic E-state index is 14.9. The highest BCUT2D eigenvalue weighted by Gasteiger charge is 2.29. The van der Waals surface area contributed by atoms with Gasteiger partial charge in [-0.2, -0.15) is 0 Å². The molecule has 2 heterocycles. The molecule has 3 N–H and O–H groups in total. The van der Waals surface area contributed by atoms with Gasteiger partial charge in [0.25, 0.3) is 0 Å². The van der Waals surface area contributed by atoms with Crippen LogP contribution in [0.25, 0.3) is 0 Å². The summed E-state index contributed by atoms with van der Waals surface area (Å²) in [6, 6.07) is 4.58. The Hall–Kier alpha value is -2.72. The van der Waals surface area contributed by atoms with Gasteiger partial charge in [-0.15, -0.1) is 0 Å². The van der Waals surface area contributed by atoms with Crippen LogP contribution in [0, 0.1) is 11.7 Å². The van der Waals surface area contributed by atoms with Crippen LogP contribution in [0.1, 0.15) is 90.5 Å². The van der Waals surface area contributed by atoms with Crippen molar-refractivity contribution in [2.24, 2.45) is 5.92 Å². The molecule has 0 spiro atoms. The molecule has 41 heavy (non-hydrogen) atoms. The van der Waals surface area contributed by atoms with Gasteiger partial charge in [-0.25, -0.2) is 9.18 Å². The van der Waals surface area contributed by atoms with E-state index in [9.17, 15) is 18.8 Å². The van der Waals surface area contributed by atoms with Crippen molar-refractivity contribution >= 4 is 23.6 Å². The Bertz CT molecular complexity index is 1060. The van der Waals surface area contributed by atoms with Gasteiger partial charge in [-0.1, -0.05) is 6.07 Å². The van der Waals surface area contributed by atoms with Gasteiger partial charge in [0, 0.05) is 13.0 Å². The molecular formula is C31H47FN4O5. The summed E-state index contributed by atoms with van der Waals surface area (Å²) in [5, 5.41) is 8.09. The van der Waals surface area contributed by atoms with Crippen LogP contribution in [0.15, 0.2) is 18.2 Å². The van der Waals surface area contributed by atoms with E-state index in [1.54, 1.807) is 12.1 Å². The van der Waals surface area contributed by atoms with E-state index < -0.39 is 23.6 Å². The predicted molar refractivity (Wildman–Crippen MR) is 155 cm³/mol. The first kappa shape index (κ1) is 31.2. The standard InChI is InChI=1S/C31H47FN4O5/c1-20(33-30(39)41-31(2,3)4)19-40-24-8-5-21(6-9-24)18-36-15-13-22(14-16-36)23-7-10-26(25(32)17-23)34-27-11-12-28(37)35-29(27)38/h7,10,17,20-22,24,27,34H,5-6,8-9,11-16,18-19H2,1-4H3,(H,33,39)(H,35,37,38). The molecule has 9 nitrogen and oxygen atoms in total. The van der Waals surface area contributed by atoms with Gasteiger partial charge in [0.2, 0.25) is 11.8 Å². The lowest BCUT2D eigenvalue weighted by Gasteiger charge is -2.37. The van der Waals surface area contributed by atoms with Crippen molar-refractivity contribution in [1.82, 2.24) is 15.5 Å². The Morgan fingerprint density at radius 3 is 2.44 bits per heavy atom. The summed E-state index contributed by atoms with van der Waals surface area (Å²) in [5.41, 5.74) is 0.790. The third-order valence-corrected chi connectivity index (χ3v) is 8.28. The number of carbonyl (C=O) groups is 3. The smallest absolute Gasteiger partial charge is 0.407 e. The van der Waals surface area contributed by atoms with E-state index in [0.717, 1.165) is 63.7 Å². The lowest BCUT2D eigenvalue weighted by Crippen LogP contribution is -2.47. The molecule has 1 aliphatic carbocycles. The number of alkyl carbamates (subject to hydrolysis) is 1. The van der Waals surface area contributed by atoms with Crippen LogP contribution >= 0.6 is 0 Å². The zero-order valence-corrected chi connectivity index (χ0v) is 25.0. The van der Waals surface area contributed by atoms with E-state index in [4.69, 9.17) is 9.47 Å². The van der Waals surface area contributed by atoms with Crippen molar-refractivity contribution in [2.75, 3.05) is 31.6 Å². The number of anilines is 1. The second-order valence-corrected chi connectivity index (χ2v) is 13.0. The molecule has 1 aromatic carbocycles. The summed E-state index contributed by atoms with van der Waals surface area (Å²) in [4.78, 5) is 37.8. The van der Waals surface area contributed by atoms with E-state index in [2.05, 4.69) is 20.9 Å². The zero-order valence-electron chi connectivity index (χ0n) is 25.0. The van der Waals surface area contributed by atoms with Crippen LogP contribution in [-0.4, -0.2) is 72.8 Å². The molecule has 10 heteroatoms. The number of carbonyl (C=O) groups excluding carboxylic acids is 3. The molecule has 3 amide bonds. The molecule has 2 saturated heterocycles. The van der Waals surface area contributed by atoms with Gasteiger partial charge in [0.05, 0.1) is 24.4 Å². The number of piperidine rings is 2. The molecule has 3 fully saturated rings. The van der Waals surface area contributed by atoms with Gasteiger partial charge < -0.3 is 25.0 Å². The molecule has 1 saturated carbocycles. The number of hydrogen-bond acceptors (Lipinski definition) is 7. The fourth-order valence-corrected chi connectivity index (χ4v) is 6.05. The normalized spacial score (nSPS) is 25.3. The molecule has 2 atom stereocenters. The molecule has 228 valence electrons. The number of halogens is 1. The van der Waals surface area contributed by atoms with Gasteiger partial charge in [-0.3, -0.25) is 14.9 Å². The fraction of sp³-hybridized carbons (Fsp3) is 0.710. The van der Waals surface area contributed by atoms with E-state index in [1.165, 1.54) is 0 Å². The molecule has 1 aromatic rings. The van der Waals surface area contributed by atoms with Crippen LogP contribution in [0.2, 0.25) is 0 Å². The van der Waals surface area contributed by atoms with Crippen LogP contribution in [0.5, 0.6) is 0 Å². The van der Waals surface area contributed by atoms with E-state index in [1.807, 2.05) is 33.8 Å². The summed E-state index contributed by atoms with van der Waals surface area (Å²) >= 11 is 0. The van der Waals surface area contributed by atoms with Gasteiger partial charge in [0.15, 0.2) is 0 Å². The number of amides is 3. The first-order valence-corrected chi connectivity index (χ1v) is 15.2. The van der Waals surface area contributed by atoms with Crippen molar-refractivity contribution in [3.05, 3.63) is 29.6 Å². The highest BCUT2D eigenvalue weighted by Crippen LogP contribution is 2.33. The number of likely N-dealkylation sites (tertiary alicyclic amines) is 1. The topological polar surface area (TPSA) is 109 Å². The lowest BCUT2D eigenvalue weighted by molar-refractivity contribution is -0.133. The molecule has 0 radical (unpaired) electrons. The summed E-state index contributed by atoms with van der Waals surface area (Å²) in [5.74, 6) is -0.0540. The Morgan fingerprint density at radius 1 is 1.10 bits per heavy atom. The Balaban J connectivity index is 1.13. The zero-order chi connectivity index (χ0) is 29.6. The highest BCUT2D eigenvalue weighted by atomic mass is 19.1. The highest BCUT2D eigenvalue weighted by molar-refractivity contribution is 6.01. The van der Waals surface area contributed by atoms with Crippen LogP contribution in [0.3, 0.4) is 0 Å². The number of ether oxygens (including phenoxy) is 2. The van der Waals surface area contributed by atoms with Crippen molar-refractivity contribution in [1.29, 1.82) is 0 Å². The Kier molecular flexibility index (Phi) is 10.6. The number of hydrogen-bond donors (Lipinski definition) is 3. The van der Waals surface area contributed by atoms with E-state index in [-0.39, 0.29) is 30.3 Å². The van der Waals surface area contributed by atoms with Gasteiger partial charge >= 0.3 is 6.09 Å². The first-order chi connectivity index (χ1) is 19.4. The number of nitrogens with one attached hydrogen (secondary N) is 3. The maximum absolute atomic E-state index is 14.9. The van der Waals surface area contributed by atoms with Gasteiger partial charge in [-0.05, 0) is 115 Å². The summed E-state index contributed by atoms with van der Waals surface area (Å²) in [7, 11) is 0. The van der Waals surface area contributed by atoms with Gasteiger partial charge in [0.1, 0.15) is 17.5 Å². The van der Waals surface area contributed by atoms with Crippen molar-refractivity contribution < 1.29 is 28.2 Å². The molecule has 2 unspecified atom stereocenters. The summed E-state index contributed by atoms with van der Waals surface area (Å²) in [6.07, 6.45) is 6.82. The third-order valence-electron chi connectivity index (χ3n) is 8.28.